The molecule has 0 aliphatic carbocycles. The molecule has 0 aromatic heterocycles. The zero-order valence-corrected chi connectivity index (χ0v) is 16.8. The van der Waals surface area contributed by atoms with Gasteiger partial charge in [-0.15, -0.1) is 0 Å². The average molecular weight is 411 g/mol. The van der Waals surface area contributed by atoms with Gasteiger partial charge in [-0.05, 0) is 61.3 Å². The number of hydrogen-bond acceptors (Lipinski definition) is 6. The summed E-state index contributed by atoms with van der Waals surface area (Å²) in [7, 11) is 1.60. The lowest BCUT2D eigenvalue weighted by atomic mass is 10.2. The molecule has 2 heterocycles. The second kappa shape index (κ2) is 9.04. The Hall–Kier alpha value is -3.26. The smallest absolute Gasteiger partial charge is 0.241 e. The van der Waals surface area contributed by atoms with Gasteiger partial charge in [0.1, 0.15) is 5.75 Å². The van der Waals surface area contributed by atoms with Crippen LogP contribution in [0.4, 0.5) is 5.69 Å². The van der Waals surface area contributed by atoms with Crippen molar-refractivity contribution in [3.05, 3.63) is 48.0 Å². The van der Waals surface area contributed by atoms with E-state index in [0.717, 1.165) is 30.7 Å². The van der Waals surface area contributed by atoms with Crippen LogP contribution in [0.25, 0.3) is 0 Å². The first-order valence-corrected chi connectivity index (χ1v) is 9.96. The zero-order valence-electron chi connectivity index (χ0n) is 16.8. The normalized spacial score (nSPS) is 17.6. The molecule has 4 rings (SSSR count). The molecule has 1 saturated heterocycles. The highest BCUT2D eigenvalue weighted by Crippen LogP contribution is 2.32. The summed E-state index contributed by atoms with van der Waals surface area (Å²) in [5.74, 6) is 1.93. The van der Waals surface area contributed by atoms with Gasteiger partial charge in [0.25, 0.3) is 0 Å². The molecule has 2 aromatic rings. The number of anilines is 1. The third-order valence-corrected chi connectivity index (χ3v) is 5.30. The van der Waals surface area contributed by atoms with Crippen LogP contribution in [0, 0.1) is 0 Å². The van der Waals surface area contributed by atoms with Gasteiger partial charge in [0.05, 0.1) is 19.7 Å². The lowest BCUT2D eigenvalue weighted by Gasteiger charge is -2.23. The number of nitrogens with one attached hydrogen (secondary N) is 2. The lowest BCUT2D eigenvalue weighted by Crippen LogP contribution is -2.44. The fraction of sp³-hybridized carbons (Fsp3) is 0.364. The first-order valence-electron chi connectivity index (χ1n) is 9.96. The first kappa shape index (κ1) is 20.0. The first-order chi connectivity index (χ1) is 14.6. The largest absolute Gasteiger partial charge is 0.497 e. The molecular weight excluding hydrogens is 386 g/mol. The fourth-order valence-corrected chi connectivity index (χ4v) is 3.70. The summed E-state index contributed by atoms with van der Waals surface area (Å²) in [5, 5.41) is 5.84. The molecule has 2 aromatic carbocycles. The maximum absolute atomic E-state index is 12.7. The lowest BCUT2D eigenvalue weighted by molar-refractivity contribution is -0.125. The molecule has 0 bridgehead atoms. The predicted molar refractivity (Wildman–Crippen MR) is 111 cm³/mol. The topological polar surface area (TPSA) is 89.1 Å². The van der Waals surface area contributed by atoms with Crippen LogP contribution in [-0.4, -0.2) is 49.7 Å². The number of carbonyl (C=O) groups excluding carboxylic acids is 2. The molecule has 158 valence electrons. The molecule has 2 aliphatic rings. The number of ether oxygens (including phenoxy) is 3. The number of benzene rings is 2. The van der Waals surface area contributed by atoms with Gasteiger partial charge < -0.3 is 24.8 Å². The van der Waals surface area contributed by atoms with Gasteiger partial charge in [0, 0.05) is 12.2 Å². The predicted octanol–water partition coefficient (Wildman–Crippen LogP) is 2.14. The SMILES string of the molecule is COc1ccc(NC(=O)C2CCCN2CC(=O)NCc2ccc3c(c2)OCO3)cc1. The van der Waals surface area contributed by atoms with Gasteiger partial charge in [0.15, 0.2) is 11.5 Å². The average Bonchev–Trinajstić information content (AvgIpc) is 3.41. The monoisotopic (exact) mass is 411 g/mol. The minimum absolute atomic E-state index is 0.0961. The van der Waals surface area contributed by atoms with Crippen molar-refractivity contribution >= 4 is 17.5 Å². The molecule has 30 heavy (non-hydrogen) atoms. The molecular formula is C22H25N3O5. The summed E-state index contributed by atoms with van der Waals surface area (Å²) in [5.41, 5.74) is 1.64. The van der Waals surface area contributed by atoms with E-state index in [0.29, 0.717) is 23.7 Å². The third kappa shape index (κ3) is 4.65. The number of rotatable bonds is 7. The van der Waals surface area contributed by atoms with Crippen molar-refractivity contribution in [2.24, 2.45) is 0 Å². The molecule has 1 fully saturated rings. The summed E-state index contributed by atoms with van der Waals surface area (Å²) >= 11 is 0. The number of hydrogen-bond donors (Lipinski definition) is 2. The van der Waals surface area contributed by atoms with Crippen molar-refractivity contribution in [1.82, 2.24) is 10.2 Å². The molecule has 0 radical (unpaired) electrons. The molecule has 8 nitrogen and oxygen atoms in total. The van der Waals surface area contributed by atoms with Gasteiger partial charge in [-0.1, -0.05) is 6.07 Å². The van der Waals surface area contributed by atoms with Crippen LogP contribution in [-0.2, 0) is 16.1 Å². The van der Waals surface area contributed by atoms with Crippen molar-refractivity contribution in [3.8, 4) is 17.2 Å². The second-order valence-electron chi connectivity index (χ2n) is 7.31. The molecule has 8 heteroatoms. The van der Waals surface area contributed by atoms with Crippen molar-refractivity contribution in [2.45, 2.75) is 25.4 Å². The Morgan fingerprint density at radius 2 is 1.93 bits per heavy atom. The van der Waals surface area contributed by atoms with E-state index < -0.39 is 0 Å². The molecule has 1 atom stereocenters. The fourth-order valence-electron chi connectivity index (χ4n) is 3.70. The molecule has 1 unspecified atom stereocenters. The number of carbonyl (C=O) groups is 2. The number of methoxy groups -OCH3 is 1. The summed E-state index contributed by atoms with van der Waals surface area (Å²) in [6.07, 6.45) is 1.62. The van der Waals surface area contributed by atoms with E-state index in [2.05, 4.69) is 10.6 Å². The number of nitrogens with zero attached hydrogens (tertiary/aromatic N) is 1. The van der Waals surface area contributed by atoms with E-state index in [-0.39, 0.29) is 31.2 Å². The van der Waals surface area contributed by atoms with E-state index in [9.17, 15) is 9.59 Å². The Labute approximate surface area is 175 Å². The van der Waals surface area contributed by atoms with Crippen LogP contribution >= 0.6 is 0 Å². The summed E-state index contributed by atoms with van der Waals surface area (Å²) in [6, 6.07) is 12.5. The summed E-state index contributed by atoms with van der Waals surface area (Å²) < 4.78 is 15.8. The maximum atomic E-state index is 12.7. The number of likely N-dealkylation sites (tertiary alicyclic amines) is 1. The third-order valence-electron chi connectivity index (χ3n) is 5.30. The molecule has 0 spiro atoms. The van der Waals surface area contributed by atoms with Crippen LogP contribution in [0.15, 0.2) is 42.5 Å². The zero-order chi connectivity index (χ0) is 20.9. The van der Waals surface area contributed by atoms with Crippen molar-refractivity contribution in [3.63, 3.8) is 0 Å². The van der Waals surface area contributed by atoms with Gasteiger partial charge in [0.2, 0.25) is 18.6 Å². The Balaban J connectivity index is 1.28. The van der Waals surface area contributed by atoms with E-state index in [1.54, 1.807) is 31.4 Å². The highest BCUT2D eigenvalue weighted by Gasteiger charge is 2.31. The van der Waals surface area contributed by atoms with Crippen LogP contribution in [0.1, 0.15) is 18.4 Å². The second-order valence-corrected chi connectivity index (χ2v) is 7.31. The van der Waals surface area contributed by atoms with Gasteiger partial charge in [-0.25, -0.2) is 0 Å². The van der Waals surface area contributed by atoms with E-state index in [1.807, 2.05) is 23.1 Å². The van der Waals surface area contributed by atoms with Gasteiger partial charge in [-0.3, -0.25) is 14.5 Å². The Morgan fingerprint density at radius 3 is 2.73 bits per heavy atom. The minimum atomic E-state index is -0.316. The highest BCUT2D eigenvalue weighted by atomic mass is 16.7. The summed E-state index contributed by atoms with van der Waals surface area (Å²) in [6.45, 7) is 1.52. The van der Waals surface area contributed by atoms with E-state index in [4.69, 9.17) is 14.2 Å². The summed E-state index contributed by atoms with van der Waals surface area (Å²) in [4.78, 5) is 27.1. The van der Waals surface area contributed by atoms with Crippen LogP contribution in [0.5, 0.6) is 17.2 Å². The van der Waals surface area contributed by atoms with Crippen LogP contribution in [0.2, 0.25) is 0 Å². The molecule has 2 aliphatic heterocycles. The quantitative estimate of drug-likeness (QED) is 0.726. The molecule has 2 amide bonds. The van der Waals surface area contributed by atoms with Gasteiger partial charge in [-0.2, -0.15) is 0 Å². The van der Waals surface area contributed by atoms with Crippen molar-refractivity contribution in [2.75, 3.05) is 32.3 Å². The van der Waals surface area contributed by atoms with Crippen molar-refractivity contribution < 1.29 is 23.8 Å². The standard InChI is InChI=1S/C22H25N3O5/c1-28-17-7-5-16(6-8-17)24-22(27)18-3-2-10-25(18)13-21(26)23-12-15-4-9-19-20(11-15)30-14-29-19/h4-9,11,18H,2-3,10,12-14H2,1H3,(H,23,26)(H,24,27). The van der Waals surface area contributed by atoms with Crippen molar-refractivity contribution in [1.29, 1.82) is 0 Å². The number of amides is 2. The molecule has 2 N–H and O–H groups in total. The van der Waals surface area contributed by atoms with Crippen LogP contribution < -0.4 is 24.8 Å². The van der Waals surface area contributed by atoms with Gasteiger partial charge >= 0.3 is 0 Å². The van der Waals surface area contributed by atoms with Crippen LogP contribution in [0.3, 0.4) is 0 Å². The Bertz CT molecular complexity index is 915. The molecule has 0 saturated carbocycles. The Kier molecular flexibility index (Phi) is 6.04. The minimum Gasteiger partial charge on any atom is -0.497 e. The van der Waals surface area contributed by atoms with E-state index in [1.165, 1.54) is 0 Å². The maximum Gasteiger partial charge on any atom is 0.241 e. The van der Waals surface area contributed by atoms with E-state index >= 15 is 0 Å². The highest BCUT2D eigenvalue weighted by molar-refractivity contribution is 5.95. The Morgan fingerprint density at radius 1 is 1.13 bits per heavy atom. The number of fused-ring (bicyclic) bond motifs is 1.